The number of carbonyl (C=O) groups is 1. The first-order chi connectivity index (χ1) is 14.5. The number of amides is 1. The largest absolute Gasteiger partial charge is 0.493 e. The zero-order valence-electron chi connectivity index (χ0n) is 16.7. The van der Waals surface area contributed by atoms with Crippen molar-refractivity contribution in [1.82, 2.24) is 4.72 Å². The summed E-state index contributed by atoms with van der Waals surface area (Å²) in [5.41, 5.74) is 2.45. The van der Waals surface area contributed by atoms with Crippen molar-refractivity contribution in [2.45, 2.75) is 43.4 Å². The van der Waals surface area contributed by atoms with Crippen LogP contribution in [0.3, 0.4) is 0 Å². The molecule has 0 aromatic heterocycles. The normalized spacial score (nSPS) is 16.1. The Morgan fingerprint density at radius 3 is 2.87 bits per heavy atom. The molecule has 158 valence electrons. The molecular formula is C22H25N3O4S. The Bertz CT molecular complexity index is 1080. The third-order valence-corrected chi connectivity index (χ3v) is 6.55. The van der Waals surface area contributed by atoms with Gasteiger partial charge in [0, 0.05) is 25.1 Å². The molecule has 2 aromatic rings. The second-order valence-electron chi connectivity index (χ2n) is 7.54. The SMILES string of the molecule is O=C(Cc1ccc2c(c1)CCO2)Nc1cccc(S(=O)(=O)NC2=NCCCCC2)c1. The molecule has 2 aliphatic rings. The summed E-state index contributed by atoms with van der Waals surface area (Å²) in [6.45, 7) is 1.31. The van der Waals surface area contributed by atoms with E-state index in [1.807, 2.05) is 18.2 Å². The number of nitrogens with zero attached hydrogens (tertiary/aromatic N) is 1. The van der Waals surface area contributed by atoms with E-state index in [9.17, 15) is 13.2 Å². The van der Waals surface area contributed by atoms with Gasteiger partial charge in [0.15, 0.2) is 0 Å². The Labute approximate surface area is 176 Å². The van der Waals surface area contributed by atoms with Gasteiger partial charge in [-0.05, 0) is 48.2 Å². The molecule has 2 heterocycles. The van der Waals surface area contributed by atoms with Gasteiger partial charge >= 0.3 is 0 Å². The second-order valence-corrected chi connectivity index (χ2v) is 9.22. The molecule has 7 nitrogen and oxygen atoms in total. The average Bonchev–Trinajstić information content (AvgIpc) is 3.03. The first-order valence-electron chi connectivity index (χ1n) is 10.2. The molecular weight excluding hydrogens is 402 g/mol. The zero-order chi connectivity index (χ0) is 21.0. The number of aliphatic imine (C=N–C) groups is 1. The summed E-state index contributed by atoms with van der Waals surface area (Å²) in [6.07, 6.45) is 4.63. The fourth-order valence-electron chi connectivity index (χ4n) is 3.65. The van der Waals surface area contributed by atoms with Gasteiger partial charge in [0.05, 0.1) is 17.9 Å². The zero-order valence-corrected chi connectivity index (χ0v) is 17.5. The molecule has 1 amide bonds. The first kappa shape index (κ1) is 20.4. The minimum atomic E-state index is -3.75. The Hall–Kier alpha value is -2.87. The summed E-state index contributed by atoms with van der Waals surface area (Å²) >= 11 is 0. The molecule has 4 rings (SSSR count). The van der Waals surface area contributed by atoms with Gasteiger partial charge in [-0.15, -0.1) is 0 Å². The van der Waals surface area contributed by atoms with E-state index < -0.39 is 10.0 Å². The number of carbonyl (C=O) groups excluding carboxylic acids is 1. The van der Waals surface area contributed by atoms with Crippen LogP contribution in [0.2, 0.25) is 0 Å². The van der Waals surface area contributed by atoms with Gasteiger partial charge in [-0.2, -0.15) is 0 Å². The van der Waals surface area contributed by atoms with Crippen molar-refractivity contribution >= 4 is 27.5 Å². The number of nitrogens with one attached hydrogen (secondary N) is 2. The van der Waals surface area contributed by atoms with Crippen LogP contribution in [0.25, 0.3) is 0 Å². The molecule has 0 spiro atoms. The molecule has 0 unspecified atom stereocenters. The summed E-state index contributed by atoms with van der Waals surface area (Å²) in [6, 6.07) is 12.0. The van der Waals surface area contributed by atoms with Crippen molar-refractivity contribution in [2.75, 3.05) is 18.5 Å². The van der Waals surface area contributed by atoms with Crippen LogP contribution in [-0.4, -0.2) is 33.3 Å². The number of rotatable bonds is 5. The highest BCUT2D eigenvalue weighted by Gasteiger charge is 2.18. The minimum Gasteiger partial charge on any atom is -0.493 e. The van der Waals surface area contributed by atoms with E-state index in [1.165, 1.54) is 12.1 Å². The van der Waals surface area contributed by atoms with Crippen LogP contribution < -0.4 is 14.8 Å². The molecule has 0 bridgehead atoms. The van der Waals surface area contributed by atoms with E-state index in [0.29, 0.717) is 31.1 Å². The smallest absolute Gasteiger partial charge is 0.262 e. The van der Waals surface area contributed by atoms with Gasteiger partial charge in [-0.3, -0.25) is 14.5 Å². The molecule has 0 fully saturated rings. The van der Waals surface area contributed by atoms with Crippen LogP contribution in [0.4, 0.5) is 5.69 Å². The quantitative estimate of drug-likeness (QED) is 0.766. The number of hydrogen-bond acceptors (Lipinski definition) is 5. The lowest BCUT2D eigenvalue weighted by Gasteiger charge is -2.11. The van der Waals surface area contributed by atoms with Gasteiger partial charge in [-0.1, -0.05) is 24.6 Å². The maximum absolute atomic E-state index is 12.7. The number of anilines is 1. The van der Waals surface area contributed by atoms with E-state index in [1.54, 1.807) is 12.1 Å². The lowest BCUT2D eigenvalue weighted by Crippen LogP contribution is -2.30. The van der Waals surface area contributed by atoms with Crippen LogP contribution in [0.15, 0.2) is 52.4 Å². The van der Waals surface area contributed by atoms with Crippen LogP contribution >= 0.6 is 0 Å². The van der Waals surface area contributed by atoms with Crippen LogP contribution in [0.5, 0.6) is 5.75 Å². The number of hydrogen-bond donors (Lipinski definition) is 2. The predicted octanol–water partition coefficient (Wildman–Crippen LogP) is 3.05. The van der Waals surface area contributed by atoms with E-state index in [-0.39, 0.29) is 17.2 Å². The Morgan fingerprint density at radius 1 is 1.07 bits per heavy atom. The number of amidine groups is 1. The topological polar surface area (TPSA) is 96.9 Å². The highest BCUT2D eigenvalue weighted by atomic mass is 32.2. The lowest BCUT2D eigenvalue weighted by molar-refractivity contribution is -0.115. The molecule has 8 heteroatoms. The molecule has 0 saturated carbocycles. The molecule has 0 aliphatic carbocycles. The fourth-order valence-corrected chi connectivity index (χ4v) is 4.79. The van der Waals surface area contributed by atoms with Crippen LogP contribution in [0, 0.1) is 0 Å². The van der Waals surface area contributed by atoms with Crippen molar-refractivity contribution in [2.24, 2.45) is 4.99 Å². The third-order valence-electron chi connectivity index (χ3n) is 5.17. The summed E-state index contributed by atoms with van der Waals surface area (Å²) in [5, 5.41) is 2.79. The van der Waals surface area contributed by atoms with Gasteiger partial charge in [-0.25, -0.2) is 8.42 Å². The van der Waals surface area contributed by atoms with Crippen LogP contribution in [-0.2, 0) is 27.7 Å². The number of fused-ring (bicyclic) bond motifs is 1. The molecule has 0 saturated heterocycles. The van der Waals surface area contributed by atoms with Crippen molar-refractivity contribution in [3.05, 3.63) is 53.6 Å². The Kier molecular flexibility index (Phi) is 6.03. The predicted molar refractivity (Wildman–Crippen MR) is 116 cm³/mol. The number of benzene rings is 2. The first-order valence-corrected chi connectivity index (χ1v) is 11.7. The van der Waals surface area contributed by atoms with Crippen LogP contribution in [0.1, 0.15) is 36.8 Å². The van der Waals surface area contributed by atoms with Gasteiger partial charge in [0.2, 0.25) is 5.91 Å². The number of sulfonamides is 1. The van der Waals surface area contributed by atoms with Crippen molar-refractivity contribution in [3.63, 3.8) is 0 Å². The maximum Gasteiger partial charge on any atom is 0.262 e. The fraction of sp³-hybridized carbons (Fsp3) is 0.364. The minimum absolute atomic E-state index is 0.0990. The standard InChI is InChI=1S/C22H25N3O4S/c26-22(14-16-8-9-20-17(13-16)10-12-29-20)24-18-5-4-6-19(15-18)30(27,28)25-21-7-2-1-3-11-23-21/h4-6,8-9,13,15H,1-3,7,10-12,14H2,(H,23,25)(H,24,26). The van der Waals surface area contributed by atoms with Gasteiger partial charge < -0.3 is 10.1 Å². The third kappa shape index (κ3) is 4.99. The van der Waals surface area contributed by atoms with Crippen molar-refractivity contribution in [3.8, 4) is 5.75 Å². The van der Waals surface area contributed by atoms with E-state index >= 15 is 0 Å². The van der Waals surface area contributed by atoms with E-state index in [0.717, 1.165) is 42.6 Å². The molecule has 30 heavy (non-hydrogen) atoms. The Morgan fingerprint density at radius 2 is 1.97 bits per heavy atom. The molecule has 0 radical (unpaired) electrons. The van der Waals surface area contributed by atoms with Crippen molar-refractivity contribution in [1.29, 1.82) is 0 Å². The second kappa shape index (κ2) is 8.87. The van der Waals surface area contributed by atoms with Gasteiger partial charge in [0.25, 0.3) is 10.0 Å². The van der Waals surface area contributed by atoms with Gasteiger partial charge in [0.1, 0.15) is 11.6 Å². The molecule has 2 N–H and O–H groups in total. The summed E-state index contributed by atoms with van der Waals surface area (Å²) in [7, 11) is -3.75. The Balaban J connectivity index is 1.42. The monoisotopic (exact) mass is 427 g/mol. The van der Waals surface area contributed by atoms with E-state index in [2.05, 4.69) is 15.0 Å². The highest BCUT2D eigenvalue weighted by molar-refractivity contribution is 7.90. The summed E-state index contributed by atoms with van der Waals surface area (Å²) in [4.78, 5) is 16.9. The maximum atomic E-state index is 12.7. The highest BCUT2D eigenvalue weighted by Crippen LogP contribution is 2.26. The number of ether oxygens (including phenoxy) is 1. The summed E-state index contributed by atoms with van der Waals surface area (Å²) in [5.74, 6) is 1.18. The lowest BCUT2D eigenvalue weighted by atomic mass is 10.1. The molecule has 2 aromatic carbocycles. The molecule has 0 atom stereocenters. The molecule has 2 aliphatic heterocycles. The van der Waals surface area contributed by atoms with Crippen molar-refractivity contribution < 1.29 is 17.9 Å². The summed E-state index contributed by atoms with van der Waals surface area (Å²) < 4.78 is 33.5. The average molecular weight is 428 g/mol. The van der Waals surface area contributed by atoms with E-state index in [4.69, 9.17) is 4.74 Å².